The largest absolute Gasteiger partial charge is 0.370 e. The molecular formula is C13H18F2N2O2. The highest BCUT2D eigenvalue weighted by atomic mass is 19.2. The Bertz CT molecular complexity index is 427. The maximum Gasteiger partial charge on any atom is 0.248 e. The minimum atomic E-state index is -0.916. The Morgan fingerprint density at radius 3 is 2.68 bits per heavy atom. The zero-order valence-corrected chi connectivity index (χ0v) is 10.9. The van der Waals surface area contributed by atoms with Crippen LogP contribution < -0.4 is 5.73 Å². The summed E-state index contributed by atoms with van der Waals surface area (Å²) in [5.74, 6) is -2.02. The molecule has 0 atom stereocenters. The zero-order valence-electron chi connectivity index (χ0n) is 10.9. The predicted octanol–water partition coefficient (Wildman–Crippen LogP) is 1.29. The first-order chi connectivity index (χ1) is 9.08. The average Bonchev–Trinajstić information content (AvgIpc) is 2.40. The summed E-state index contributed by atoms with van der Waals surface area (Å²) in [7, 11) is 0. The van der Waals surface area contributed by atoms with Crippen molar-refractivity contribution in [3.8, 4) is 0 Å². The number of nitrogens with two attached hydrogens (primary N) is 1. The monoisotopic (exact) mass is 272 g/mol. The molecule has 0 fully saturated rings. The van der Waals surface area contributed by atoms with Crippen molar-refractivity contribution in [2.24, 2.45) is 5.73 Å². The van der Waals surface area contributed by atoms with Gasteiger partial charge in [0.05, 0.1) is 6.61 Å². The minimum Gasteiger partial charge on any atom is -0.370 e. The lowest BCUT2D eigenvalue weighted by molar-refractivity contribution is -0.136. The molecule has 0 saturated heterocycles. The lowest BCUT2D eigenvalue weighted by Crippen LogP contribution is -2.34. The lowest BCUT2D eigenvalue weighted by Gasteiger charge is -2.21. The quantitative estimate of drug-likeness (QED) is 0.761. The van der Waals surface area contributed by atoms with Crippen molar-refractivity contribution in [1.82, 2.24) is 4.90 Å². The normalized spacial score (nSPS) is 10.5. The molecule has 0 aliphatic carbocycles. The Labute approximate surface area is 111 Å². The molecule has 0 aliphatic rings. The number of benzene rings is 1. The molecule has 0 spiro atoms. The molecule has 106 valence electrons. The van der Waals surface area contributed by atoms with Gasteiger partial charge in [-0.15, -0.1) is 0 Å². The Morgan fingerprint density at radius 2 is 2.11 bits per heavy atom. The fourth-order valence-corrected chi connectivity index (χ4v) is 1.57. The highest BCUT2D eigenvalue weighted by Gasteiger charge is 2.13. The molecule has 2 N–H and O–H groups in total. The van der Waals surface area contributed by atoms with E-state index in [9.17, 15) is 13.6 Å². The van der Waals surface area contributed by atoms with Crippen LogP contribution in [0.3, 0.4) is 0 Å². The van der Waals surface area contributed by atoms with Crippen LogP contribution in [0.2, 0.25) is 0 Å². The van der Waals surface area contributed by atoms with Gasteiger partial charge < -0.3 is 15.4 Å². The van der Waals surface area contributed by atoms with Crippen molar-refractivity contribution in [2.45, 2.75) is 13.5 Å². The Hall–Kier alpha value is -1.53. The van der Waals surface area contributed by atoms with Crippen LogP contribution in [0.4, 0.5) is 8.78 Å². The Balaban J connectivity index is 2.60. The third-order valence-electron chi connectivity index (χ3n) is 2.58. The number of amides is 1. The maximum atomic E-state index is 13.1. The number of hydrogen-bond acceptors (Lipinski definition) is 3. The number of carbonyl (C=O) groups is 1. The van der Waals surface area contributed by atoms with E-state index in [0.29, 0.717) is 25.3 Å². The van der Waals surface area contributed by atoms with E-state index in [1.54, 1.807) is 6.92 Å². The fraction of sp³-hybridized carbons (Fsp3) is 0.462. The van der Waals surface area contributed by atoms with Gasteiger partial charge in [0.15, 0.2) is 11.6 Å². The molecule has 19 heavy (non-hydrogen) atoms. The molecule has 0 radical (unpaired) electrons. The Kier molecular flexibility index (Phi) is 6.38. The standard InChI is InChI=1S/C13H18F2N2O2/c1-2-17(13(18)9-19-6-5-16)8-10-3-4-11(14)12(15)7-10/h3-4,7H,2,5-6,8-9,16H2,1H3. The highest BCUT2D eigenvalue weighted by Crippen LogP contribution is 2.11. The van der Waals surface area contributed by atoms with Crippen LogP contribution in [0.25, 0.3) is 0 Å². The van der Waals surface area contributed by atoms with Gasteiger partial charge in [-0.05, 0) is 24.6 Å². The van der Waals surface area contributed by atoms with Gasteiger partial charge in [-0.1, -0.05) is 6.07 Å². The third kappa shape index (κ3) is 4.92. The van der Waals surface area contributed by atoms with E-state index < -0.39 is 11.6 Å². The molecule has 1 rings (SSSR count). The van der Waals surface area contributed by atoms with Crippen LogP contribution in [0.5, 0.6) is 0 Å². The maximum absolute atomic E-state index is 13.1. The van der Waals surface area contributed by atoms with Crippen LogP contribution >= 0.6 is 0 Å². The summed E-state index contributed by atoms with van der Waals surface area (Å²) < 4.78 is 30.9. The first-order valence-corrected chi connectivity index (χ1v) is 6.08. The number of nitrogens with zero attached hydrogens (tertiary/aromatic N) is 1. The van der Waals surface area contributed by atoms with E-state index >= 15 is 0 Å². The van der Waals surface area contributed by atoms with Crippen LogP contribution in [0, 0.1) is 11.6 Å². The van der Waals surface area contributed by atoms with Crippen molar-refractivity contribution in [3.63, 3.8) is 0 Å². The van der Waals surface area contributed by atoms with Gasteiger partial charge in [-0.3, -0.25) is 4.79 Å². The van der Waals surface area contributed by atoms with Crippen molar-refractivity contribution in [2.75, 3.05) is 26.3 Å². The van der Waals surface area contributed by atoms with Crippen LogP contribution in [-0.2, 0) is 16.1 Å². The molecule has 0 unspecified atom stereocenters. The van der Waals surface area contributed by atoms with Crippen molar-refractivity contribution in [3.05, 3.63) is 35.4 Å². The smallest absolute Gasteiger partial charge is 0.248 e. The molecular weight excluding hydrogens is 254 g/mol. The summed E-state index contributed by atoms with van der Waals surface area (Å²) in [6.07, 6.45) is 0. The van der Waals surface area contributed by atoms with E-state index in [1.807, 2.05) is 0 Å². The first-order valence-electron chi connectivity index (χ1n) is 6.08. The van der Waals surface area contributed by atoms with Crippen molar-refractivity contribution < 1.29 is 18.3 Å². The molecule has 1 aromatic carbocycles. The van der Waals surface area contributed by atoms with Gasteiger partial charge in [0.1, 0.15) is 6.61 Å². The molecule has 1 amide bonds. The first kappa shape index (κ1) is 15.5. The summed E-state index contributed by atoms with van der Waals surface area (Å²) >= 11 is 0. The van der Waals surface area contributed by atoms with Crippen molar-refractivity contribution >= 4 is 5.91 Å². The summed E-state index contributed by atoms with van der Waals surface area (Å²) in [6.45, 7) is 3.09. The summed E-state index contributed by atoms with van der Waals surface area (Å²) in [5.41, 5.74) is 5.79. The van der Waals surface area contributed by atoms with E-state index in [2.05, 4.69) is 0 Å². The predicted molar refractivity (Wildman–Crippen MR) is 67.3 cm³/mol. The summed E-state index contributed by atoms with van der Waals surface area (Å²) in [5, 5.41) is 0. The molecule has 0 bridgehead atoms. The number of hydrogen-bond donors (Lipinski definition) is 1. The number of rotatable bonds is 7. The number of ether oxygens (including phenoxy) is 1. The van der Waals surface area contributed by atoms with E-state index in [-0.39, 0.29) is 19.1 Å². The van der Waals surface area contributed by atoms with Gasteiger partial charge in [0, 0.05) is 19.6 Å². The molecule has 0 aromatic heterocycles. The number of carbonyl (C=O) groups excluding carboxylic acids is 1. The highest BCUT2D eigenvalue weighted by molar-refractivity contribution is 5.77. The van der Waals surface area contributed by atoms with Crippen LogP contribution in [0.1, 0.15) is 12.5 Å². The second-order valence-electron chi connectivity index (χ2n) is 4.00. The van der Waals surface area contributed by atoms with E-state index in [0.717, 1.165) is 12.1 Å². The summed E-state index contributed by atoms with van der Waals surface area (Å²) in [6, 6.07) is 3.59. The zero-order chi connectivity index (χ0) is 14.3. The lowest BCUT2D eigenvalue weighted by atomic mass is 10.2. The van der Waals surface area contributed by atoms with Gasteiger partial charge in [0.2, 0.25) is 5.91 Å². The topological polar surface area (TPSA) is 55.6 Å². The molecule has 1 aromatic rings. The summed E-state index contributed by atoms with van der Waals surface area (Å²) in [4.78, 5) is 13.3. The van der Waals surface area contributed by atoms with Crippen LogP contribution in [0.15, 0.2) is 18.2 Å². The van der Waals surface area contributed by atoms with Gasteiger partial charge in [0.25, 0.3) is 0 Å². The SMILES string of the molecule is CCN(Cc1ccc(F)c(F)c1)C(=O)COCCN. The molecule has 4 nitrogen and oxygen atoms in total. The fourth-order valence-electron chi connectivity index (χ4n) is 1.57. The Morgan fingerprint density at radius 1 is 1.37 bits per heavy atom. The number of likely N-dealkylation sites (N-methyl/N-ethyl adjacent to an activating group) is 1. The average molecular weight is 272 g/mol. The van der Waals surface area contributed by atoms with E-state index in [1.165, 1.54) is 11.0 Å². The second-order valence-corrected chi connectivity index (χ2v) is 4.00. The molecule has 6 heteroatoms. The van der Waals surface area contributed by atoms with Gasteiger partial charge in [-0.2, -0.15) is 0 Å². The van der Waals surface area contributed by atoms with Gasteiger partial charge >= 0.3 is 0 Å². The number of halogens is 2. The third-order valence-corrected chi connectivity index (χ3v) is 2.58. The second kappa shape index (κ2) is 7.81. The molecule has 0 heterocycles. The minimum absolute atomic E-state index is 0.0608. The van der Waals surface area contributed by atoms with Crippen LogP contribution in [-0.4, -0.2) is 37.1 Å². The molecule has 0 saturated carbocycles. The van der Waals surface area contributed by atoms with E-state index in [4.69, 9.17) is 10.5 Å². The van der Waals surface area contributed by atoms with Crippen molar-refractivity contribution in [1.29, 1.82) is 0 Å². The van der Waals surface area contributed by atoms with Gasteiger partial charge in [-0.25, -0.2) is 8.78 Å². The molecule has 0 aliphatic heterocycles.